The predicted octanol–water partition coefficient (Wildman–Crippen LogP) is 4.79. The molecule has 1 aromatic rings. The largest absolute Gasteiger partial charge is 0.419 e. The molecule has 25 heavy (non-hydrogen) atoms. The standard InChI is InChI=1S/C18H24F4N2.ClH/c19-16-7-6-14(12-15(16)18(20,21)22)17(13-4-2-1-3-5-13)24-10-8-23-9-11-24;/h6-7,12-13,17,23H,1-5,8-11H2;1H/t17-;/m0./s1. The lowest BCUT2D eigenvalue weighted by Crippen LogP contribution is -2.47. The molecule has 1 heterocycles. The van der Waals surface area contributed by atoms with Crippen molar-refractivity contribution in [1.82, 2.24) is 10.2 Å². The number of halogens is 5. The average Bonchev–Trinajstić information content (AvgIpc) is 2.57. The van der Waals surface area contributed by atoms with E-state index >= 15 is 0 Å². The Labute approximate surface area is 152 Å². The van der Waals surface area contributed by atoms with Crippen LogP contribution in [0.5, 0.6) is 0 Å². The number of nitrogens with zero attached hydrogens (tertiary/aromatic N) is 1. The second kappa shape index (κ2) is 8.69. The van der Waals surface area contributed by atoms with Crippen LogP contribution in [0.1, 0.15) is 49.3 Å². The fourth-order valence-corrected chi connectivity index (χ4v) is 4.14. The van der Waals surface area contributed by atoms with Crippen LogP contribution in [-0.2, 0) is 6.18 Å². The molecule has 2 fully saturated rings. The van der Waals surface area contributed by atoms with Crippen LogP contribution in [0.2, 0.25) is 0 Å². The summed E-state index contributed by atoms with van der Waals surface area (Å²) < 4.78 is 53.0. The summed E-state index contributed by atoms with van der Waals surface area (Å²) in [6, 6.07) is 3.52. The molecule has 0 bridgehead atoms. The van der Waals surface area contributed by atoms with Gasteiger partial charge in [-0.2, -0.15) is 13.2 Å². The van der Waals surface area contributed by atoms with Crippen LogP contribution in [0, 0.1) is 11.7 Å². The van der Waals surface area contributed by atoms with Crippen molar-refractivity contribution in [2.75, 3.05) is 26.2 Å². The number of nitrogens with one attached hydrogen (secondary N) is 1. The number of hydrogen-bond acceptors (Lipinski definition) is 2. The van der Waals surface area contributed by atoms with Gasteiger partial charge in [0.1, 0.15) is 5.82 Å². The topological polar surface area (TPSA) is 15.3 Å². The van der Waals surface area contributed by atoms with Crippen molar-refractivity contribution in [1.29, 1.82) is 0 Å². The number of piperazine rings is 1. The van der Waals surface area contributed by atoms with E-state index in [1.807, 2.05) is 0 Å². The van der Waals surface area contributed by atoms with Gasteiger partial charge in [-0.25, -0.2) is 4.39 Å². The number of rotatable bonds is 3. The summed E-state index contributed by atoms with van der Waals surface area (Å²) >= 11 is 0. The highest BCUT2D eigenvalue weighted by atomic mass is 35.5. The Hall–Kier alpha value is -0.850. The van der Waals surface area contributed by atoms with E-state index in [2.05, 4.69) is 10.2 Å². The molecule has 0 amide bonds. The molecule has 7 heteroatoms. The van der Waals surface area contributed by atoms with Gasteiger partial charge in [0, 0.05) is 32.2 Å². The zero-order valence-corrected chi connectivity index (χ0v) is 14.9. The number of benzene rings is 1. The summed E-state index contributed by atoms with van der Waals surface area (Å²) in [5, 5.41) is 3.29. The number of alkyl halides is 3. The van der Waals surface area contributed by atoms with Gasteiger partial charge in [-0.15, -0.1) is 12.4 Å². The molecule has 0 radical (unpaired) electrons. The van der Waals surface area contributed by atoms with Gasteiger partial charge >= 0.3 is 6.18 Å². The van der Waals surface area contributed by atoms with Crippen molar-refractivity contribution in [2.24, 2.45) is 5.92 Å². The maximum Gasteiger partial charge on any atom is 0.419 e. The lowest BCUT2D eigenvalue weighted by atomic mass is 9.80. The second-order valence-corrected chi connectivity index (χ2v) is 6.87. The highest BCUT2D eigenvalue weighted by Crippen LogP contribution is 2.40. The summed E-state index contributed by atoms with van der Waals surface area (Å²) in [5.74, 6) is -0.836. The zero-order chi connectivity index (χ0) is 17.2. The molecule has 1 saturated heterocycles. The fraction of sp³-hybridized carbons (Fsp3) is 0.667. The van der Waals surface area contributed by atoms with Crippen LogP contribution in [-0.4, -0.2) is 31.1 Å². The van der Waals surface area contributed by atoms with Gasteiger partial charge in [-0.3, -0.25) is 4.90 Å². The van der Waals surface area contributed by atoms with Gasteiger partial charge < -0.3 is 5.32 Å². The maximum atomic E-state index is 13.7. The van der Waals surface area contributed by atoms with Crippen molar-refractivity contribution >= 4 is 12.4 Å². The van der Waals surface area contributed by atoms with Crippen molar-refractivity contribution in [2.45, 2.75) is 44.3 Å². The average molecular weight is 381 g/mol. The quantitative estimate of drug-likeness (QED) is 0.758. The minimum Gasteiger partial charge on any atom is -0.314 e. The Morgan fingerprint density at radius 1 is 1.04 bits per heavy atom. The summed E-state index contributed by atoms with van der Waals surface area (Å²) in [4.78, 5) is 2.28. The monoisotopic (exact) mass is 380 g/mol. The van der Waals surface area contributed by atoms with E-state index in [-0.39, 0.29) is 18.4 Å². The first kappa shape index (κ1) is 20.5. The van der Waals surface area contributed by atoms with Gasteiger partial charge in [0.2, 0.25) is 0 Å². The molecule has 0 unspecified atom stereocenters. The maximum absolute atomic E-state index is 13.7. The smallest absolute Gasteiger partial charge is 0.314 e. The Balaban J connectivity index is 0.00000225. The van der Waals surface area contributed by atoms with Gasteiger partial charge in [-0.05, 0) is 36.5 Å². The third kappa shape index (κ3) is 4.86. The van der Waals surface area contributed by atoms with Crippen LogP contribution < -0.4 is 5.32 Å². The van der Waals surface area contributed by atoms with Crippen LogP contribution >= 0.6 is 12.4 Å². The Kier molecular flexibility index (Phi) is 7.11. The molecule has 2 aliphatic rings. The normalized spacial score (nSPS) is 21.6. The minimum atomic E-state index is -4.65. The molecular formula is C18H25ClF4N2. The molecule has 3 rings (SSSR count). The number of hydrogen-bond donors (Lipinski definition) is 1. The van der Waals surface area contributed by atoms with Crippen molar-refractivity contribution in [3.05, 3.63) is 35.1 Å². The first-order valence-corrected chi connectivity index (χ1v) is 8.78. The Bertz CT molecular complexity index is 534. The van der Waals surface area contributed by atoms with Crippen LogP contribution in [0.25, 0.3) is 0 Å². The molecule has 2 nitrogen and oxygen atoms in total. The summed E-state index contributed by atoms with van der Waals surface area (Å²) in [5.41, 5.74) is -0.534. The second-order valence-electron chi connectivity index (χ2n) is 6.87. The van der Waals surface area contributed by atoms with Crippen molar-refractivity contribution in [3.63, 3.8) is 0 Å². The molecule has 1 aromatic carbocycles. The summed E-state index contributed by atoms with van der Waals surface area (Å²) in [6.45, 7) is 3.33. The van der Waals surface area contributed by atoms with Gasteiger partial charge in [0.25, 0.3) is 0 Å². The van der Waals surface area contributed by atoms with Crippen LogP contribution in [0.4, 0.5) is 17.6 Å². The zero-order valence-electron chi connectivity index (χ0n) is 14.1. The van der Waals surface area contributed by atoms with Crippen LogP contribution in [0.3, 0.4) is 0 Å². The molecule has 0 spiro atoms. The van der Waals surface area contributed by atoms with E-state index in [1.54, 1.807) is 6.07 Å². The van der Waals surface area contributed by atoms with Gasteiger partial charge in [0.15, 0.2) is 0 Å². The molecule has 142 valence electrons. The predicted molar refractivity (Wildman–Crippen MR) is 92.4 cm³/mol. The molecule has 1 N–H and O–H groups in total. The summed E-state index contributed by atoms with van der Waals surface area (Å²) in [7, 11) is 0. The Morgan fingerprint density at radius 3 is 2.28 bits per heavy atom. The van der Waals surface area contributed by atoms with E-state index in [0.29, 0.717) is 11.5 Å². The van der Waals surface area contributed by atoms with E-state index in [1.165, 1.54) is 6.42 Å². The highest BCUT2D eigenvalue weighted by molar-refractivity contribution is 5.85. The fourth-order valence-electron chi connectivity index (χ4n) is 4.14. The molecule has 1 aliphatic carbocycles. The van der Waals surface area contributed by atoms with E-state index in [0.717, 1.165) is 64.0 Å². The third-order valence-electron chi connectivity index (χ3n) is 5.28. The molecule has 1 atom stereocenters. The van der Waals surface area contributed by atoms with Crippen LogP contribution in [0.15, 0.2) is 18.2 Å². The molecule has 1 saturated carbocycles. The molecule has 1 aliphatic heterocycles. The SMILES string of the molecule is Cl.Fc1ccc([C@H](C2CCCCC2)N2CCNCC2)cc1C(F)(F)F. The summed E-state index contributed by atoms with van der Waals surface area (Å²) in [6.07, 6.45) is 0.866. The lowest BCUT2D eigenvalue weighted by Gasteiger charge is -2.41. The first-order valence-electron chi connectivity index (χ1n) is 8.78. The molecular weight excluding hydrogens is 356 g/mol. The molecule has 0 aromatic heterocycles. The lowest BCUT2D eigenvalue weighted by molar-refractivity contribution is -0.140. The Morgan fingerprint density at radius 2 is 1.68 bits per heavy atom. The minimum absolute atomic E-state index is 0. The van der Waals surface area contributed by atoms with Crippen molar-refractivity contribution < 1.29 is 17.6 Å². The van der Waals surface area contributed by atoms with Gasteiger partial charge in [-0.1, -0.05) is 25.3 Å². The third-order valence-corrected chi connectivity index (χ3v) is 5.28. The van der Waals surface area contributed by atoms with Gasteiger partial charge in [0.05, 0.1) is 5.56 Å². The van der Waals surface area contributed by atoms with E-state index in [9.17, 15) is 17.6 Å². The van der Waals surface area contributed by atoms with E-state index in [4.69, 9.17) is 0 Å². The highest BCUT2D eigenvalue weighted by Gasteiger charge is 2.37. The van der Waals surface area contributed by atoms with E-state index < -0.39 is 17.6 Å². The first-order chi connectivity index (χ1) is 11.5. The van der Waals surface area contributed by atoms with Crippen molar-refractivity contribution in [3.8, 4) is 0 Å².